The van der Waals surface area contributed by atoms with Crippen molar-refractivity contribution >= 4 is 5.90 Å². The fourth-order valence-corrected chi connectivity index (χ4v) is 1.19. The minimum absolute atomic E-state index is 0.705. The Balaban J connectivity index is 2.33. The molecule has 1 aromatic rings. The second kappa shape index (κ2) is 2.93. The predicted molar refractivity (Wildman–Crippen MR) is 46.3 cm³/mol. The Bertz CT molecular complexity index is 320. The van der Waals surface area contributed by atoms with Gasteiger partial charge in [0, 0.05) is 17.5 Å². The van der Waals surface area contributed by atoms with E-state index in [0.717, 1.165) is 23.7 Å². The summed E-state index contributed by atoms with van der Waals surface area (Å²) < 4.78 is 5.32. The molecule has 1 aromatic heterocycles. The van der Waals surface area contributed by atoms with Crippen LogP contribution in [-0.2, 0) is 4.74 Å². The number of hydrogen-bond acceptors (Lipinski definition) is 3. The molecule has 0 radical (unpaired) electrons. The molecule has 3 heteroatoms. The Morgan fingerprint density at radius 1 is 1.50 bits per heavy atom. The third-order valence-electron chi connectivity index (χ3n) is 1.73. The average molecular weight is 162 g/mol. The van der Waals surface area contributed by atoms with Crippen LogP contribution in [0.25, 0.3) is 0 Å². The van der Waals surface area contributed by atoms with Crippen LogP contribution in [0, 0.1) is 6.92 Å². The van der Waals surface area contributed by atoms with Crippen LogP contribution in [0.1, 0.15) is 11.3 Å². The van der Waals surface area contributed by atoms with Gasteiger partial charge < -0.3 is 4.74 Å². The van der Waals surface area contributed by atoms with E-state index < -0.39 is 0 Å². The molecule has 0 unspecified atom stereocenters. The number of hydrogen-bond donors (Lipinski definition) is 0. The number of pyridine rings is 1. The van der Waals surface area contributed by atoms with Crippen molar-refractivity contribution in [1.82, 2.24) is 4.98 Å². The van der Waals surface area contributed by atoms with E-state index in [1.165, 1.54) is 0 Å². The lowest BCUT2D eigenvalue weighted by atomic mass is 10.2. The van der Waals surface area contributed by atoms with Crippen LogP contribution in [0.5, 0.6) is 0 Å². The number of aliphatic imine (C=N–C) groups is 1. The lowest BCUT2D eigenvalue weighted by molar-refractivity contribution is 0.348. The maximum absolute atomic E-state index is 5.32. The molecule has 62 valence electrons. The first-order chi connectivity index (χ1) is 5.86. The van der Waals surface area contributed by atoms with E-state index in [-0.39, 0.29) is 0 Å². The molecule has 0 bridgehead atoms. The smallest absolute Gasteiger partial charge is 0.216 e. The van der Waals surface area contributed by atoms with Gasteiger partial charge in [-0.2, -0.15) is 0 Å². The van der Waals surface area contributed by atoms with Crippen LogP contribution < -0.4 is 0 Å². The van der Waals surface area contributed by atoms with Gasteiger partial charge in [-0.05, 0) is 19.1 Å². The Labute approximate surface area is 71.1 Å². The highest BCUT2D eigenvalue weighted by molar-refractivity contribution is 5.94. The van der Waals surface area contributed by atoms with Crippen molar-refractivity contribution in [3.63, 3.8) is 0 Å². The number of aromatic nitrogens is 1. The van der Waals surface area contributed by atoms with E-state index in [9.17, 15) is 0 Å². The minimum atomic E-state index is 0.705. The fraction of sp³-hybridized carbons (Fsp3) is 0.333. The summed E-state index contributed by atoms with van der Waals surface area (Å²) in [4.78, 5) is 8.31. The Morgan fingerprint density at radius 2 is 2.42 bits per heavy atom. The zero-order valence-corrected chi connectivity index (χ0v) is 6.95. The highest BCUT2D eigenvalue weighted by atomic mass is 16.5. The molecule has 2 heterocycles. The van der Waals surface area contributed by atoms with Crippen LogP contribution in [0.15, 0.2) is 23.3 Å². The van der Waals surface area contributed by atoms with Crippen molar-refractivity contribution in [3.05, 3.63) is 29.6 Å². The third-order valence-corrected chi connectivity index (χ3v) is 1.73. The first kappa shape index (κ1) is 7.28. The molecule has 0 aliphatic carbocycles. The van der Waals surface area contributed by atoms with Gasteiger partial charge in [-0.3, -0.25) is 4.98 Å². The van der Waals surface area contributed by atoms with Crippen LogP contribution in [0.4, 0.5) is 0 Å². The number of aryl methyl sites for hydroxylation is 1. The number of ether oxygens (including phenoxy) is 1. The van der Waals surface area contributed by atoms with Gasteiger partial charge in [0.15, 0.2) is 0 Å². The monoisotopic (exact) mass is 162 g/mol. The molecule has 12 heavy (non-hydrogen) atoms. The largest absolute Gasteiger partial charge is 0.476 e. The Kier molecular flexibility index (Phi) is 1.78. The maximum Gasteiger partial charge on any atom is 0.216 e. The summed E-state index contributed by atoms with van der Waals surface area (Å²) in [5, 5.41) is 0. The van der Waals surface area contributed by atoms with E-state index >= 15 is 0 Å². The first-order valence-corrected chi connectivity index (χ1v) is 3.96. The molecule has 0 saturated carbocycles. The van der Waals surface area contributed by atoms with Gasteiger partial charge in [-0.25, -0.2) is 4.99 Å². The third kappa shape index (κ3) is 1.30. The molecule has 0 amide bonds. The van der Waals surface area contributed by atoms with Crippen molar-refractivity contribution in [2.75, 3.05) is 13.2 Å². The zero-order chi connectivity index (χ0) is 8.39. The van der Waals surface area contributed by atoms with Gasteiger partial charge in [0.2, 0.25) is 5.90 Å². The number of rotatable bonds is 1. The molecule has 0 N–H and O–H groups in total. The van der Waals surface area contributed by atoms with Gasteiger partial charge in [-0.1, -0.05) is 0 Å². The molecule has 0 saturated heterocycles. The van der Waals surface area contributed by atoms with E-state index in [1.807, 2.05) is 19.1 Å². The summed E-state index contributed by atoms with van der Waals surface area (Å²) in [5.41, 5.74) is 2.02. The molecule has 3 nitrogen and oxygen atoms in total. The molecule has 0 spiro atoms. The summed E-state index contributed by atoms with van der Waals surface area (Å²) in [7, 11) is 0. The van der Waals surface area contributed by atoms with Crippen molar-refractivity contribution in [2.45, 2.75) is 6.92 Å². The van der Waals surface area contributed by atoms with E-state index in [2.05, 4.69) is 9.98 Å². The summed E-state index contributed by atoms with van der Waals surface area (Å²) in [6.45, 7) is 3.44. The highest BCUT2D eigenvalue weighted by Crippen LogP contribution is 2.07. The second-order valence-corrected chi connectivity index (χ2v) is 2.72. The fourth-order valence-electron chi connectivity index (χ4n) is 1.19. The molecule has 0 aromatic carbocycles. The molecule has 1 aliphatic rings. The Hall–Kier alpha value is -1.38. The number of nitrogens with zero attached hydrogens (tertiary/aromatic N) is 2. The standard InChI is InChI=1S/C9H10N2O/c1-7-6-8(2-3-10-7)9-11-4-5-12-9/h2-3,6H,4-5H2,1H3. The topological polar surface area (TPSA) is 34.5 Å². The van der Waals surface area contributed by atoms with Crippen LogP contribution >= 0.6 is 0 Å². The highest BCUT2D eigenvalue weighted by Gasteiger charge is 2.09. The van der Waals surface area contributed by atoms with Crippen LogP contribution in [-0.4, -0.2) is 24.0 Å². The zero-order valence-electron chi connectivity index (χ0n) is 6.95. The lowest BCUT2D eigenvalue weighted by Gasteiger charge is -2.00. The minimum Gasteiger partial charge on any atom is -0.476 e. The molecular formula is C9H10N2O. The van der Waals surface area contributed by atoms with Gasteiger partial charge in [0.1, 0.15) is 6.61 Å². The Morgan fingerprint density at radius 3 is 3.08 bits per heavy atom. The first-order valence-electron chi connectivity index (χ1n) is 3.96. The van der Waals surface area contributed by atoms with E-state index in [4.69, 9.17) is 4.74 Å². The van der Waals surface area contributed by atoms with Crippen molar-refractivity contribution in [3.8, 4) is 0 Å². The van der Waals surface area contributed by atoms with Crippen LogP contribution in [0.3, 0.4) is 0 Å². The summed E-state index contributed by atoms with van der Waals surface area (Å²) in [5.74, 6) is 0.750. The van der Waals surface area contributed by atoms with Gasteiger partial charge in [-0.15, -0.1) is 0 Å². The van der Waals surface area contributed by atoms with Crippen molar-refractivity contribution < 1.29 is 4.74 Å². The lowest BCUT2D eigenvalue weighted by Crippen LogP contribution is -2.01. The summed E-state index contributed by atoms with van der Waals surface area (Å²) in [6, 6.07) is 3.89. The van der Waals surface area contributed by atoms with E-state index in [0.29, 0.717) is 6.61 Å². The van der Waals surface area contributed by atoms with Crippen molar-refractivity contribution in [1.29, 1.82) is 0 Å². The molecule has 0 atom stereocenters. The predicted octanol–water partition coefficient (Wildman–Crippen LogP) is 1.17. The molecule has 2 rings (SSSR count). The normalized spacial score (nSPS) is 15.6. The summed E-state index contributed by atoms with van der Waals surface area (Å²) >= 11 is 0. The average Bonchev–Trinajstić information content (AvgIpc) is 2.56. The van der Waals surface area contributed by atoms with Gasteiger partial charge >= 0.3 is 0 Å². The maximum atomic E-state index is 5.32. The molecule has 0 fully saturated rings. The van der Waals surface area contributed by atoms with Crippen molar-refractivity contribution in [2.24, 2.45) is 4.99 Å². The van der Waals surface area contributed by atoms with Crippen LogP contribution in [0.2, 0.25) is 0 Å². The second-order valence-electron chi connectivity index (χ2n) is 2.72. The van der Waals surface area contributed by atoms with Gasteiger partial charge in [0.05, 0.1) is 6.54 Å². The van der Waals surface area contributed by atoms with Gasteiger partial charge in [0.25, 0.3) is 0 Å². The molecular weight excluding hydrogens is 152 g/mol. The van der Waals surface area contributed by atoms with E-state index in [1.54, 1.807) is 6.20 Å². The molecule has 1 aliphatic heterocycles. The quantitative estimate of drug-likeness (QED) is 0.621. The summed E-state index contributed by atoms with van der Waals surface area (Å²) in [6.07, 6.45) is 1.77. The SMILES string of the molecule is Cc1cc(C2=NCCO2)ccn1.